The molecule has 1 rings (SSSR count). The van der Waals surface area contributed by atoms with Gasteiger partial charge in [0.1, 0.15) is 6.54 Å². The minimum absolute atomic E-state index is 0.236. The number of hydrogen-bond acceptors (Lipinski definition) is 4. The third kappa shape index (κ3) is 5.87. The number of carbonyl (C=O) groups excluding carboxylic acids is 1. The molecule has 0 aliphatic rings. The zero-order chi connectivity index (χ0) is 14.1. The molecule has 2 amide bonds. The lowest BCUT2D eigenvalue weighted by Crippen LogP contribution is -2.45. The van der Waals surface area contributed by atoms with E-state index < -0.39 is 12.0 Å². The van der Waals surface area contributed by atoms with Gasteiger partial charge in [-0.2, -0.15) is 0 Å². The van der Waals surface area contributed by atoms with Gasteiger partial charge in [0, 0.05) is 39.1 Å². The number of carboxylic acids is 1. The van der Waals surface area contributed by atoms with Crippen molar-refractivity contribution < 1.29 is 19.4 Å². The lowest BCUT2D eigenvalue weighted by atomic mass is 10.5. The predicted octanol–water partition coefficient (Wildman–Crippen LogP) is -0.374. The molecule has 8 heteroatoms. The number of aromatic nitrogens is 2. The number of hydrogen-bond donors (Lipinski definition) is 2. The zero-order valence-corrected chi connectivity index (χ0v) is 10.8. The van der Waals surface area contributed by atoms with Gasteiger partial charge in [-0.25, -0.2) is 9.78 Å². The molecule has 0 bridgehead atoms. The molecule has 0 unspecified atom stereocenters. The summed E-state index contributed by atoms with van der Waals surface area (Å²) in [5.41, 5.74) is 0. The van der Waals surface area contributed by atoms with Crippen molar-refractivity contribution in [2.24, 2.45) is 0 Å². The first kappa shape index (κ1) is 15.0. The van der Waals surface area contributed by atoms with Gasteiger partial charge in [0.05, 0.1) is 12.9 Å². The van der Waals surface area contributed by atoms with Crippen molar-refractivity contribution in [3.05, 3.63) is 18.7 Å². The molecule has 8 nitrogen and oxygen atoms in total. The molecule has 0 saturated heterocycles. The maximum atomic E-state index is 11.8. The molecule has 19 heavy (non-hydrogen) atoms. The molecular weight excluding hydrogens is 252 g/mol. The van der Waals surface area contributed by atoms with Gasteiger partial charge in [-0.1, -0.05) is 0 Å². The normalized spacial score (nSPS) is 10.2. The number of carboxylic acid groups (broad SMARTS) is 1. The number of amides is 2. The Morgan fingerprint density at radius 1 is 1.53 bits per heavy atom. The summed E-state index contributed by atoms with van der Waals surface area (Å²) >= 11 is 0. The molecule has 0 fully saturated rings. The van der Waals surface area contributed by atoms with Crippen LogP contribution in [0, 0.1) is 0 Å². The molecule has 1 aromatic rings. The summed E-state index contributed by atoms with van der Waals surface area (Å²) in [6.07, 6.45) is 5.08. The lowest BCUT2D eigenvalue weighted by molar-refractivity contribution is -0.137. The standard InChI is InChI=1S/C11H18N4O4/c1-19-7-6-15(8-10(16)17)11(18)13-3-5-14-4-2-12-9-14/h2,4,9H,3,5-8H2,1H3,(H,13,18)(H,16,17). The number of ether oxygens (including phenoxy) is 1. The van der Waals surface area contributed by atoms with Crippen molar-refractivity contribution in [3.63, 3.8) is 0 Å². The Morgan fingerprint density at radius 2 is 2.32 bits per heavy atom. The maximum Gasteiger partial charge on any atom is 0.323 e. The highest BCUT2D eigenvalue weighted by molar-refractivity contribution is 5.80. The number of carbonyl (C=O) groups is 2. The van der Waals surface area contributed by atoms with Crippen LogP contribution in [0.3, 0.4) is 0 Å². The number of nitrogens with zero attached hydrogens (tertiary/aromatic N) is 3. The van der Waals surface area contributed by atoms with Gasteiger partial charge in [-0.15, -0.1) is 0 Å². The highest BCUT2D eigenvalue weighted by Gasteiger charge is 2.15. The predicted molar refractivity (Wildman–Crippen MR) is 66.7 cm³/mol. The first-order valence-electron chi connectivity index (χ1n) is 5.82. The van der Waals surface area contributed by atoms with Crippen molar-refractivity contribution in [2.75, 3.05) is 33.4 Å². The third-order valence-corrected chi connectivity index (χ3v) is 2.38. The number of aliphatic carboxylic acids is 1. The summed E-state index contributed by atoms with van der Waals surface area (Å²) in [5, 5.41) is 11.4. The summed E-state index contributed by atoms with van der Waals surface area (Å²) in [6, 6.07) is -0.417. The molecule has 0 aliphatic heterocycles. The van der Waals surface area contributed by atoms with Crippen LogP contribution >= 0.6 is 0 Å². The Kier molecular flexibility index (Phi) is 6.37. The van der Waals surface area contributed by atoms with Crippen LogP contribution in [-0.4, -0.2) is 64.9 Å². The Bertz CT molecular complexity index is 393. The summed E-state index contributed by atoms with van der Waals surface area (Å²) in [5.74, 6) is -1.05. The van der Waals surface area contributed by atoms with Gasteiger partial charge in [-0.3, -0.25) is 4.79 Å². The molecule has 0 atom stereocenters. The van der Waals surface area contributed by atoms with Gasteiger partial charge in [0.2, 0.25) is 0 Å². The van der Waals surface area contributed by atoms with E-state index in [-0.39, 0.29) is 13.1 Å². The van der Waals surface area contributed by atoms with Crippen LogP contribution in [-0.2, 0) is 16.1 Å². The molecule has 0 radical (unpaired) electrons. The fourth-order valence-electron chi connectivity index (χ4n) is 1.44. The molecule has 0 saturated carbocycles. The molecule has 1 heterocycles. The Labute approximate surface area is 111 Å². The topological polar surface area (TPSA) is 96.7 Å². The number of imidazole rings is 1. The first-order chi connectivity index (χ1) is 9.13. The molecule has 0 aliphatic carbocycles. The first-order valence-corrected chi connectivity index (χ1v) is 5.82. The highest BCUT2D eigenvalue weighted by Crippen LogP contribution is 1.91. The van der Waals surface area contributed by atoms with Crippen molar-refractivity contribution in [3.8, 4) is 0 Å². The van der Waals surface area contributed by atoms with E-state index in [1.54, 1.807) is 18.7 Å². The van der Waals surface area contributed by atoms with Crippen LogP contribution in [0.2, 0.25) is 0 Å². The van der Waals surface area contributed by atoms with Crippen molar-refractivity contribution in [1.29, 1.82) is 0 Å². The van der Waals surface area contributed by atoms with Crippen molar-refractivity contribution in [2.45, 2.75) is 6.54 Å². The molecule has 0 spiro atoms. The van der Waals surface area contributed by atoms with Crippen LogP contribution in [0.5, 0.6) is 0 Å². The zero-order valence-electron chi connectivity index (χ0n) is 10.8. The second kappa shape index (κ2) is 8.09. The van der Waals surface area contributed by atoms with Crippen LogP contribution in [0.4, 0.5) is 4.79 Å². The second-order valence-electron chi connectivity index (χ2n) is 3.84. The van der Waals surface area contributed by atoms with Gasteiger partial charge in [-0.05, 0) is 0 Å². The van der Waals surface area contributed by atoms with E-state index in [1.165, 1.54) is 12.0 Å². The maximum absolute atomic E-state index is 11.8. The average Bonchev–Trinajstić information content (AvgIpc) is 2.87. The summed E-state index contributed by atoms with van der Waals surface area (Å²) < 4.78 is 6.66. The van der Waals surface area contributed by atoms with E-state index >= 15 is 0 Å². The third-order valence-electron chi connectivity index (χ3n) is 2.38. The number of urea groups is 1. The van der Waals surface area contributed by atoms with Gasteiger partial charge in [0.15, 0.2) is 0 Å². The molecule has 1 aromatic heterocycles. The van der Waals surface area contributed by atoms with Gasteiger partial charge in [0.25, 0.3) is 0 Å². The van der Waals surface area contributed by atoms with Gasteiger partial charge >= 0.3 is 12.0 Å². The van der Waals surface area contributed by atoms with E-state index in [4.69, 9.17) is 9.84 Å². The molecule has 2 N–H and O–H groups in total. The van der Waals surface area contributed by atoms with Crippen LogP contribution in [0.15, 0.2) is 18.7 Å². The minimum Gasteiger partial charge on any atom is -0.480 e. The van der Waals surface area contributed by atoms with Crippen molar-refractivity contribution >= 4 is 12.0 Å². The van der Waals surface area contributed by atoms with E-state index in [2.05, 4.69) is 10.3 Å². The second-order valence-corrected chi connectivity index (χ2v) is 3.84. The summed E-state index contributed by atoms with van der Waals surface area (Å²) in [4.78, 5) is 27.5. The fourth-order valence-corrected chi connectivity index (χ4v) is 1.44. The molecule has 106 valence electrons. The average molecular weight is 270 g/mol. The quantitative estimate of drug-likeness (QED) is 0.671. The van der Waals surface area contributed by atoms with E-state index in [1.807, 2.05) is 4.57 Å². The fraction of sp³-hybridized carbons (Fsp3) is 0.545. The van der Waals surface area contributed by atoms with Crippen LogP contribution in [0.25, 0.3) is 0 Å². The van der Waals surface area contributed by atoms with E-state index in [0.717, 1.165) is 0 Å². The van der Waals surface area contributed by atoms with Crippen LogP contribution in [0.1, 0.15) is 0 Å². The number of rotatable bonds is 8. The highest BCUT2D eigenvalue weighted by atomic mass is 16.5. The largest absolute Gasteiger partial charge is 0.480 e. The van der Waals surface area contributed by atoms with Gasteiger partial charge < -0.3 is 24.6 Å². The smallest absolute Gasteiger partial charge is 0.323 e. The molecular formula is C11H18N4O4. The lowest BCUT2D eigenvalue weighted by Gasteiger charge is -2.20. The Balaban J connectivity index is 2.35. The van der Waals surface area contributed by atoms with E-state index in [9.17, 15) is 9.59 Å². The van der Waals surface area contributed by atoms with Crippen molar-refractivity contribution in [1.82, 2.24) is 19.8 Å². The minimum atomic E-state index is -1.05. The summed E-state index contributed by atoms with van der Waals surface area (Å²) in [7, 11) is 1.50. The van der Waals surface area contributed by atoms with Crippen LogP contribution < -0.4 is 5.32 Å². The molecule has 0 aromatic carbocycles. The Morgan fingerprint density at radius 3 is 2.89 bits per heavy atom. The number of methoxy groups -OCH3 is 1. The number of nitrogens with one attached hydrogen (secondary N) is 1. The van der Waals surface area contributed by atoms with E-state index in [0.29, 0.717) is 19.7 Å². The summed E-state index contributed by atoms with van der Waals surface area (Å²) in [6.45, 7) is 1.16. The SMILES string of the molecule is COCCN(CC(=O)O)C(=O)NCCn1ccnc1. The Hall–Kier alpha value is -2.09. The monoisotopic (exact) mass is 270 g/mol.